The molecule has 0 fully saturated rings. The van der Waals surface area contributed by atoms with Gasteiger partial charge in [0, 0.05) is 16.7 Å². The molecule has 2 atom stereocenters. The van der Waals surface area contributed by atoms with Gasteiger partial charge in [0.2, 0.25) is 0 Å². The van der Waals surface area contributed by atoms with Crippen LogP contribution >= 0.6 is 11.8 Å². The van der Waals surface area contributed by atoms with E-state index in [0.717, 1.165) is 18.0 Å². The molecule has 1 aromatic rings. The number of benzene rings is 1. The Morgan fingerprint density at radius 1 is 1.53 bits per heavy atom. The van der Waals surface area contributed by atoms with Crippen molar-refractivity contribution >= 4 is 11.8 Å². The smallest absolute Gasteiger partial charge is 0.133 e. The molecule has 2 unspecified atom stereocenters. The maximum atomic E-state index is 5.96. The predicted octanol–water partition coefficient (Wildman–Crippen LogP) is 2.54. The van der Waals surface area contributed by atoms with Crippen LogP contribution < -0.4 is 10.1 Å². The summed E-state index contributed by atoms with van der Waals surface area (Å²) in [5.74, 6) is 2.06. The van der Waals surface area contributed by atoms with Crippen molar-refractivity contribution in [3.05, 3.63) is 24.3 Å². The van der Waals surface area contributed by atoms with E-state index in [1.807, 2.05) is 23.9 Å². The second-order valence-corrected chi connectivity index (χ2v) is 4.82. The molecule has 1 aliphatic rings. The quantitative estimate of drug-likeness (QED) is 0.851. The largest absolute Gasteiger partial charge is 0.487 e. The molecule has 1 aromatic carbocycles. The molecule has 0 aromatic heterocycles. The van der Waals surface area contributed by atoms with E-state index in [4.69, 9.17) is 4.74 Å². The number of rotatable bonds is 3. The minimum atomic E-state index is 0.282. The number of ether oxygens (including phenoxy) is 1. The summed E-state index contributed by atoms with van der Waals surface area (Å²) in [5, 5.41) is 3.41. The molecule has 2 nitrogen and oxygen atoms in total. The first-order chi connectivity index (χ1) is 7.31. The molecule has 0 aliphatic carbocycles. The monoisotopic (exact) mass is 223 g/mol. The van der Waals surface area contributed by atoms with Crippen molar-refractivity contribution in [1.29, 1.82) is 0 Å². The zero-order valence-corrected chi connectivity index (χ0v) is 10.0. The Kier molecular flexibility index (Phi) is 3.54. The van der Waals surface area contributed by atoms with E-state index in [1.165, 1.54) is 4.90 Å². The lowest BCUT2D eigenvalue weighted by Crippen LogP contribution is -2.43. The lowest BCUT2D eigenvalue weighted by atomic mass is 10.2. The molecule has 0 saturated carbocycles. The van der Waals surface area contributed by atoms with Crippen molar-refractivity contribution in [2.45, 2.75) is 30.9 Å². The fourth-order valence-electron chi connectivity index (χ4n) is 1.74. The second kappa shape index (κ2) is 4.90. The van der Waals surface area contributed by atoms with Gasteiger partial charge in [0.15, 0.2) is 0 Å². The Balaban J connectivity index is 2.05. The summed E-state index contributed by atoms with van der Waals surface area (Å²) in [6, 6.07) is 8.67. The average molecular weight is 223 g/mol. The Hall–Kier alpha value is -0.670. The van der Waals surface area contributed by atoms with Gasteiger partial charge in [-0.15, -0.1) is 11.8 Å². The standard InChI is InChI=1S/C12H17NOS/c1-3-13-9(2)11-8-15-12-7-5-4-6-10(12)14-11/h4-7,9,11,13H,3,8H2,1-2H3. The molecule has 0 radical (unpaired) electrons. The number of thioether (sulfide) groups is 1. The molecule has 0 saturated heterocycles. The van der Waals surface area contributed by atoms with Gasteiger partial charge < -0.3 is 10.1 Å². The molecule has 15 heavy (non-hydrogen) atoms. The first-order valence-electron chi connectivity index (χ1n) is 5.43. The molecule has 82 valence electrons. The van der Waals surface area contributed by atoms with Crippen molar-refractivity contribution < 1.29 is 4.74 Å². The van der Waals surface area contributed by atoms with E-state index in [9.17, 15) is 0 Å². The van der Waals surface area contributed by atoms with Crippen molar-refractivity contribution in [2.24, 2.45) is 0 Å². The van der Waals surface area contributed by atoms with Crippen molar-refractivity contribution in [2.75, 3.05) is 12.3 Å². The lowest BCUT2D eigenvalue weighted by Gasteiger charge is -2.30. The van der Waals surface area contributed by atoms with Crippen LogP contribution in [0.2, 0.25) is 0 Å². The third-order valence-electron chi connectivity index (χ3n) is 2.61. The first-order valence-corrected chi connectivity index (χ1v) is 6.41. The fraction of sp³-hybridized carbons (Fsp3) is 0.500. The third kappa shape index (κ3) is 2.47. The molecule has 1 aliphatic heterocycles. The highest BCUT2D eigenvalue weighted by molar-refractivity contribution is 7.99. The first kappa shape index (κ1) is 10.8. The van der Waals surface area contributed by atoms with Gasteiger partial charge in [0.05, 0.1) is 0 Å². The highest BCUT2D eigenvalue weighted by Crippen LogP contribution is 2.35. The molecule has 0 amide bonds. The number of nitrogens with one attached hydrogen (secondary N) is 1. The summed E-state index contributed by atoms with van der Waals surface area (Å²) >= 11 is 1.89. The number of hydrogen-bond donors (Lipinski definition) is 1. The van der Waals surface area contributed by atoms with Crippen LogP contribution in [-0.4, -0.2) is 24.4 Å². The Morgan fingerprint density at radius 3 is 3.13 bits per heavy atom. The predicted molar refractivity (Wildman–Crippen MR) is 64.7 cm³/mol. The molecule has 1 heterocycles. The van der Waals surface area contributed by atoms with Crippen LogP contribution in [0, 0.1) is 0 Å². The summed E-state index contributed by atoms with van der Waals surface area (Å²) < 4.78 is 5.96. The van der Waals surface area contributed by atoms with E-state index < -0.39 is 0 Å². The summed E-state index contributed by atoms with van der Waals surface area (Å²) in [7, 11) is 0. The minimum absolute atomic E-state index is 0.282. The third-order valence-corrected chi connectivity index (χ3v) is 3.76. The SMILES string of the molecule is CCNC(C)C1CSc2ccccc2O1. The molecular formula is C12H17NOS. The topological polar surface area (TPSA) is 21.3 Å². The minimum Gasteiger partial charge on any atom is -0.487 e. The summed E-state index contributed by atoms with van der Waals surface area (Å²) in [5.41, 5.74) is 0. The lowest BCUT2D eigenvalue weighted by molar-refractivity contribution is 0.174. The molecule has 0 bridgehead atoms. The number of para-hydroxylation sites is 1. The van der Waals surface area contributed by atoms with Gasteiger partial charge in [-0.3, -0.25) is 0 Å². The van der Waals surface area contributed by atoms with E-state index in [-0.39, 0.29) is 6.10 Å². The highest BCUT2D eigenvalue weighted by atomic mass is 32.2. The molecule has 2 rings (SSSR count). The number of hydrogen-bond acceptors (Lipinski definition) is 3. The van der Waals surface area contributed by atoms with Gasteiger partial charge in [-0.25, -0.2) is 0 Å². The zero-order valence-electron chi connectivity index (χ0n) is 9.19. The molecule has 0 spiro atoms. The molecule has 3 heteroatoms. The van der Waals surface area contributed by atoms with Crippen molar-refractivity contribution in [1.82, 2.24) is 5.32 Å². The van der Waals surface area contributed by atoms with Gasteiger partial charge in [0.25, 0.3) is 0 Å². The number of fused-ring (bicyclic) bond motifs is 1. The van der Waals surface area contributed by atoms with Crippen LogP contribution in [0.25, 0.3) is 0 Å². The van der Waals surface area contributed by atoms with Crippen LogP contribution in [0.15, 0.2) is 29.2 Å². The summed E-state index contributed by atoms with van der Waals surface area (Å²) in [4.78, 5) is 1.26. The van der Waals surface area contributed by atoms with E-state index in [0.29, 0.717) is 6.04 Å². The maximum Gasteiger partial charge on any atom is 0.133 e. The second-order valence-electron chi connectivity index (χ2n) is 3.76. The van der Waals surface area contributed by atoms with Crippen molar-refractivity contribution in [3.63, 3.8) is 0 Å². The fourth-order valence-corrected chi connectivity index (χ4v) is 2.87. The zero-order chi connectivity index (χ0) is 10.7. The molecule has 1 N–H and O–H groups in total. The Labute approximate surface area is 95.4 Å². The average Bonchev–Trinajstić information content (AvgIpc) is 2.29. The number of likely N-dealkylation sites (N-methyl/N-ethyl adjacent to an activating group) is 1. The summed E-state index contributed by atoms with van der Waals surface area (Å²) in [6.07, 6.45) is 0.282. The van der Waals surface area contributed by atoms with Crippen LogP contribution in [-0.2, 0) is 0 Å². The van der Waals surface area contributed by atoms with Crippen LogP contribution in [0.5, 0.6) is 5.75 Å². The van der Waals surface area contributed by atoms with Crippen LogP contribution in [0.4, 0.5) is 0 Å². The molecular weight excluding hydrogens is 206 g/mol. The van der Waals surface area contributed by atoms with Gasteiger partial charge in [-0.05, 0) is 25.6 Å². The van der Waals surface area contributed by atoms with Crippen LogP contribution in [0.1, 0.15) is 13.8 Å². The van der Waals surface area contributed by atoms with Gasteiger partial charge in [-0.2, -0.15) is 0 Å². The van der Waals surface area contributed by atoms with Gasteiger partial charge >= 0.3 is 0 Å². The van der Waals surface area contributed by atoms with E-state index in [1.54, 1.807) is 0 Å². The van der Waals surface area contributed by atoms with Crippen LogP contribution in [0.3, 0.4) is 0 Å². The van der Waals surface area contributed by atoms with Crippen molar-refractivity contribution in [3.8, 4) is 5.75 Å². The normalized spacial score (nSPS) is 21.6. The Bertz CT molecular complexity index is 329. The van der Waals surface area contributed by atoms with Gasteiger partial charge in [-0.1, -0.05) is 19.1 Å². The van der Waals surface area contributed by atoms with E-state index >= 15 is 0 Å². The van der Waals surface area contributed by atoms with Gasteiger partial charge in [0.1, 0.15) is 11.9 Å². The van der Waals surface area contributed by atoms with E-state index in [2.05, 4.69) is 31.3 Å². The highest BCUT2D eigenvalue weighted by Gasteiger charge is 2.24. The summed E-state index contributed by atoms with van der Waals surface area (Å²) in [6.45, 7) is 5.30. The Morgan fingerprint density at radius 2 is 2.33 bits per heavy atom. The maximum absolute atomic E-state index is 5.96.